The van der Waals surface area contributed by atoms with E-state index in [1.165, 1.54) is 5.56 Å². The quantitative estimate of drug-likeness (QED) is 0.416. The van der Waals surface area contributed by atoms with Gasteiger partial charge in [0.05, 0.1) is 0 Å². The first-order chi connectivity index (χ1) is 11.8. The first-order valence-corrected chi connectivity index (χ1v) is 8.62. The Morgan fingerprint density at radius 3 is 2.16 bits per heavy atom. The molecule has 0 aliphatic rings. The summed E-state index contributed by atoms with van der Waals surface area (Å²) >= 11 is 0. The molecule has 0 aliphatic heterocycles. The molecule has 0 radical (unpaired) electrons. The molecule has 0 N–H and O–H groups in total. The molecule has 0 aliphatic carbocycles. The Balaban J connectivity index is 1.97. The Bertz CT molecular complexity index is 675. The average molecular weight is 341 g/mol. The maximum Gasteiger partial charge on any atom is 0.515 e. The molecule has 0 amide bonds. The number of ether oxygens (including phenoxy) is 2. The lowest BCUT2D eigenvalue weighted by atomic mass is 9.87. The van der Waals surface area contributed by atoms with E-state index in [0.29, 0.717) is 5.75 Å². The average Bonchev–Trinajstić information content (AvgIpc) is 2.56. The fourth-order valence-corrected chi connectivity index (χ4v) is 2.62. The highest BCUT2D eigenvalue weighted by atomic mass is 16.7. The van der Waals surface area contributed by atoms with E-state index >= 15 is 0 Å². The Hall–Kier alpha value is -2.49. The van der Waals surface area contributed by atoms with Gasteiger partial charge in [0.15, 0.2) is 6.23 Å². The zero-order valence-corrected chi connectivity index (χ0v) is 15.7. The summed E-state index contributed by atoms with van der Waals surface area (Å²) in [5, 5.41) is 0. The second-order valence-electron chi connectivity index (χ2n) is 6.97. The highest BCUT2D eigenvalue weighted by molar-refractivity contribution is 5.64. The Morgan fingerprint density at radius 2 is 1.64 bits per heavy atom. The third-order valence-electron chi connectivity index (χ3n) is 4.06. The number of nitrogens with zero attached hydrogens (tertiary/aromatic N) is 1. The minimum absolute atomic E-state index is 0.0604. The molecule has 2 rings (SSSR count). The van der Waals surface area contributed by atoms with Gasteiger partial charge in [-0.25, -0.2) is 4.79 Å². The highest BCUT2D eigenvalue weighted by Gasteiger charge is 2.19. The molecule has 4 nitrogen and oxygen atoms in total. The first kappa shape index (κ1) is 18.8. The molecule has 0 fully saturated rings. The summed E-state index contributed by atoms with van der Waals surface area (Å²) in [6.45, 7) is 11.0. The van der Waals surface area contributed by atoms with Crippen LogP contribution in [0, 0.1) is 0 Å². The zero-order valence-electron chi connectivity index (χ0n) is 15.7. The molecule has 2 aromatic carbocycles. The number of hydrogen-bond acceptors (Lipinski definition) is 4. The second-order valence-corrected chi connectivity index (χ2v) is 6.97. The third-order valence-corrected chi connectivity index (χ3v) is 4.06. The molecular formula is C21H27NO3. The molecule has 1 unspecified atom stereocenters. The van der Waals surface area contributed by atoms with Crippen molar-refractivity contribution in [2.45, 2.75) is 46.3 Å². The largest absolute Gasteiger partial charge is 0.515 e. The van der Waals surface area contributed by atoms with Gasteiger partial charge >= 0.3 is 6.16 Å². The molecule has 134 valence electrons. The van der Waals surface area contributed by atoms with Crippen molar-refractivity contribution < 1.29 is 14.3 Å². The smallest absolute Gasteiger partial charge is 0.410 e. The first-order valence-electron chi connectivity index (χ1n) is 8.62. The molecular weight excluding hydrogens is 314 g/mol. The predicted octanol–water partition coefficient (Wildman–Crippen LogP) is 5.37. The van der Waals surface area contributed by atoms with Gasteiger partial charge in [-0.3, -0.25) is 0 Å². The minimum Gasteiger partial charge on any atom is -0.410 e. The molecule has 4 heteroatoms. The molecule has 0 bridgehead atoms. The van der Waals surface area contributed by atoms with Gasteiger partial charge < -0.3 is 14.4 Å². The molecule has 25 heavy (non-hydrogen) atoms. The lowest BCUT2D eigenvalue weighted by Gasteiger charge is -2.29. The summed E-state index contributed by atoms with van der Waals surface area (Å²) in [5.41, 5.74) is 2.24. The van der Waals surface area contributed by atoms with E-state index in [1.807, 2.05) is 61.2 Å². The number of benzene rings is 2. The second kappa shape index (κ2) is 8.06. The maximum absolute atomic E-state index is 12.1. The summed E-state index contributed by atoms with van der Waals surface area (Å²) in [6, 6.07) is 17.4. The molecule has 0 aromatic heterocycles. The summed E-state index contributed by atoms with van der Waals surface area (Å²) in [5.74, 6) is 0.480. The van der Waals surface area contributed by atoms with Crippen molar-refractivity contribution in [2.24, 2.45) is 0 Å². The van der Waals surface area contributed by atoms with Crippen LogP contribution in [0.2, 0.25) is 0 Å². The Morgan fingerprint density at radius 1 is 1.04 bits per heavy atom. The predicted molar refractivity (Wildman–Crippen MR) is 101 cm³/mol. The minimum atomic E-state index is -0.703. The Labute approximate surface area is 150 Å². The number of rotatable bonds is 5. The van der Waals surface area contributed by atoms with Gasteiger partial charge in [-0.2, -0.15) is 0 Å². The topological polar surface area (TPSA) is 38.8 Å². The summed E-state index contributed by atoms with van der Waals surface area (Å²) < 4.78 is 10.7. The van der Waals surface area contributed by atoms with Crippen LogP contribution in [0.5, 0.6) is 5.75 Å². The number of anilines is 1. The molecule has 0 heterocycles. The van der Waals surface area contributed by atoms with Crippen molar-refractivity contribution >= 4 is 11.8 Å². The van der Waals surface area contributed by atoms with Crippen LogP contribution in [0.15, 0.2) is 54.6 Å². The molecule has 0 saturated heterocycles. The van der Waals surface area contributed by atoms with Crippen LogP contribution in [0.1, 0.15) is 40.2 Å². The normalized spacial score (nSPS) is 12.4. The monoisotopic (exact) mass is 341 g/mol. The van der Waals surface area contributed by atoms with Crippen molar-refractivity contribution in [2.75, 3.05) is 11.4 Å². The lowest BCUT2D eigenvalue weighted by Crippen LogP contribution is -2.37. The van der Waals surface area contributed by atoms with Crippen molar-refractivity contribution in [1.29, 1.82) is 0 Å². The van der Waals surface area contributed by atoms with Gasteiger partial charge in [-0.1, -0.05) is 51.1 Å². The van der Waals surface area contributed by atoms with Crippen LogP contribution in [0.4, 0.5) is 10.5 Å². The highest BCUT2D eigenvalue weighted by Crippen LogP contribution is 2.24. The van der Waals surface area contributed by atoms with E-state index in [9.17, 15) is 4.79 Å². The van der Waals surface area contributed by atoms with Gasteiger partial charge in [-0.15, -0.1) is 0 Å². The summed E-state index contributed by atoms with van der Waals surface area (Å²) in [7, 11) is 0. The van der Waals surface area contributed by atoms with Crippen LogP contribution in [-0.2, 0) is 10.2 Å². The van der Waals surface area contributed by atoms with Crippen molar-refractivity contribution in [3.8, 4) is 5.75 Å². The van der Waals surface area contributed by atoms with E-state index in [1.54, 1.807) is 12.1 Å². The van der Waals surface area contributed by atoms with E-state index in [-0.39, 0.29) is 5.41 Å². The molecule has 2 aromatic rings. The maximum atomic E-state index is 12.1. The van der Waals surface area contributed by atoms with Crippen LogP contribution >= 0.6 is 0 Å². The lowest BCUT2D eigenvalue weighted by molar-refractivity contribution is 0.0645. The van der Waals surface area contributed by atoms with Crippen molar-refractivity contribution in [1.82, 2.24) is 0 Å². The number of hydrogen-bond donors (Lipinski definition) is 0. The van der Waals surface area contributed by atoms with Gasteiger partial charge in [0, 0.05) is 12.2 Å². The number of carbonyl (C=O) groups is 1. The van der Waals surface area contributed by atoms with E-state index in [0.717, 1.165) is 12.2 Å². The van der Waals surface area contributed by atoms with E-state index < -0.39 is 12.4 Å². The van der Waals surface area contributed by atoms with Gasteiger partial charge in [-0.05, 0) is 49.1 Å². The van der Waals surface area contributed by atoms with Crippen LogP contribution in [-0.4, -0.2) is 18.9 Å². The fourth-order valence-electron chi connectivity index (χ4n) is 2.62. The van der Waals surface area contributed by atoms with Crippen molar-refractivity contribution in [3.63, 3.8) is 0 Å². The van der Waals surface area contributed by atoms with Crippen LogP contribution in [0.25, 0.3) is 0 Å². The summed E-state index contributed by atoms with van der Waals surface area (Å²) in [6.07, 6.45) is -1.13. The molecule has 1 atom stereocenters. The zero-order chi connectivity index (χ0) is 18.4. The molecule has 0 saturated carbocycles. The molecule has 0 spiro atoms. The number of carbonyl (C=O) groups excluding carboxylic acids is 1. The van der Waals surface area contributed by atoms with E-state index in [2.05, 4.69) is 20.8 Å². The third kappa shape index (κ3) is 5.24. The van der Waals surface area contributed by atoms with Crippen LogP contribution in [0.3, 0.4) is 0 Å². The van der Waals surface area contributed by atoms with Crippen LogP contribution < -0.4 is 9.64 Å². The number of para-hydroxylation sites is 1. The van der Waals surface area contributed by atoms with Crippen molar-refractivity contribution in [3.05, 3.63) is 60.2 Å². The van der Waals surface area contributed by atoms with Gasteiger partial charge in [0.1, 0.15) is 5.75 Å². The summed E-state index contributed by atoms with van der Waals surface area (Å²) in [4.78, 5) is 14.1. The Kier molecular flexibility index (Phi) is 6.07. The van der Waals surface area contributed by atoms with E-state index in [4.69, 9.17) is 9.47 Å². The van der Waals surface area contributed by atoms with Gasteiger partial charge in [0.25, 0.3) is 0 Å². The standard InChI is InChI=1S/C21H27NO3/c1-6-22(18-10-8-7-9-11-18)16(2)24-20(23)25-19-14-12-17(13-15-19)21(3,4)5/h7-16H,6H2,1-5H3. The SMILES string of the molecule is CCN(c1ccccc1)C(C)OC(=O)Oc1ccc(C(C)(C)C)cc1. The van der Waals surface area contributed by atoms with Gasteiger partial charge in [0.2, 0.25) is 0 Å². The fraction of sp³-hybridized carbons (Fsp3) is 0.381.